The van der Waals surface area contributed by atoms with Crippen LogP contribution < -0.4 is 5.19 Å². The van der Waals surface area contributed by atoms with Crippen LogP contribution in [0.5, 0.6) is 0 Å². The van der Waals surface area contributed by atoms with Gasteiger partial charge in [-0.1, -0.05) is 119 Å². The van der Waals surface area contributed by atoms with E-state index in [0.29, 0.717) is 5.92 Å². The van der Waals surface area contributed by atoms with E-state index in [0.717, 1.165) is 50.4 Å². The first-order chi connectivity index (χ1) is 25.8. The molecule has 0 unspecified atom stereocenters. The largest absolute Gasteiger partial charge is 0.501 e. The van der Waals surface area contributed by atoms with Crippen LogP contribution in [0.4, 0.5) is 0 Å². The number of rotatable bonds is 7. The number of benzene rings is 4. The van der Waals surface area contributed by atoms with Gasteiger partial charge in [-0.3, -0.25) is 0 Å². The summed E-state index contributed by atoms with van der Waals surface area (Å²) in [6, 6.07) is 38.6. The number of aromatic nitrogens is 2. The number of fused-ring (bicyclic) bond motifs is 3. The zero-order chi connectivity index (χ0) is 38.2. The molecule has 4 aromatic carbocycles. The third-order valence-electron chi connectivity index (χ3n) is 11.7. The van der Waals surface area contributed by atoms with Gasteiger partial charge in [0.25, 0.3) is 0 Å². The maximum absolute atomic E-state index is 6.53. The van der Waals surface area contributed by atoms with E-state index < -0.39 is 8.07 Å². The van der Waals surface area contributed by atoms with Gasteiger partial charge in [0.15, 0.2) is 0 Å². The molecule has 285 valence electrons. The molecule has 7 aromatic rings. The first kappa shape index (κ1) is 40.5. The summed E-state index contributed by atoms with van der Waals surface area (Å²) in [5.74, 6) is 1.26. The van der Waals surface area contributed by atoms with E-state index in [1.165, 1.54) is 64.3 Å². The van der Waals surface area contributed by atoms with Crippen LogP contribution in [-0.2, 0) is 25.5 Å². The molecule has 5 heteroatoms. The Balaban J connectivity index is 0.000000219. The van der Waals surface area contributed by atoms with Crippen molar-refractivity contribution in [2.45, 2.75) is 98.2 Å². The summed E-state index contributed by atoms with van der Waals surface area (Å²) in [4.78, 5) is 9.43. The first-order valence-electron chi connectivity index (χ1n) is 19.7. The van der Waals surface area contributed by atoms with Crippen molar-refractivity contribution in [1.82, 2.24) is 9.97 Å². The van der Waals surface area contributed by atoms with Gasteiger partial charge in [0.05, 0.1) is 13.7 Å². The predicted octanol–water partition coefficient (Wildman–Crippen LogP) is 13.4. The molecule has 0 aliphatic heterocycles. The molecule has 3 heterocycles. The summed E-state index contributed by atoms with van der Waals surface area (Å²) in [5.41, 5.74) is 13.7. The monoisotopic (exact) mass is 919 g/mol. The Morgan fingerprint density at radius 1 is 0.782 bits per heavy atom. The minimum Gasteiger partial charge on any atom is -0.501 e. The quantitative estimate of drug-likeness (QED) is 0.118. The van der Waals surface area contributed by atoms with Gasteiger partial charge in [0.1, 0.15) is 5.58 Å². The Morgan fingerprint density at radius 3 is 2.20 bits per heavy atom. The second-order valence-corrected chi connectivity index (χ2v) is 22.2. The molecule has 0 bridgehead atoms. The Morgan fingerprint density at radius 2 is 1.53 bits per heavy atom. The Hall–Kier alpha value is -4.15. The minimum atomic E-state index is -1.34. The van der Waals surface area contributed by atoms with Crippen molar-refractivity contribution in [2.24, 2.45) is 5.92 Å². The van der Waals surface area contributed by atoms with E-state index in [1.54, 1.807) is 0 Å². The molecule has 1 saturated carbocycles. The fraction of sp³-hybridized carbons (Fsp3) is 0.320. The molecule has 0 N–H and O–H groups in total. The molecular formula is C50H54IrN2OSi-2. The number of furan rings is 1. The molecule has 1 aliphatic rings. The number of hydrogen-bond acceptors (Lipinski definition) is 3. The van der Waals surface area contributed by atoms with Gasteiger partial charge in [0, 0.05) is 37.9 Å². The van der Waals surface area contributed by atoms with E-state index in [1.807, 2.05) is 30.5 Å². The van der Waals surface area contributed by atoms with E-state index in [4.69, 9.17) is 9.40 Å². The van der Waals surface area contributed by atoms with Crippen molar-refractivity contribution >= 4 is 35.2 Å². The molecule has 8 rings (SSSR count). The van der Waals surface area contributed by atoms with Gasteiger partial charge >= 0.3 is 0 Å². The van der Waals surface area contributed by atoms with Gasteiger partial charge in [-0.2, -0.15) is 0 Å². The van der Waals surface area contributed by atoms with Crippen LogP contribution in [-0.4, -0.2) is 18.0 Å². The fourth-order valence-corrected chi connectivity index (χ4v) is 10.2. The van der Waals surface area contributed by atoms with Crippen LogP contribution in [0, 0.1) is 31.9 Å². The van der Waals surface area contributed by atoms with E-state index in [9.17, 15) is 0 Å². The third kappa shape index (κ3) is 8.36. The number of aryl methyl sites for hydroxylation is 2. The van der Waals surface area contributed by atoms with Crippen LogP contribution in [0.1, 0.15) is 81.5 Å². The van der Waals surface area contributed by atoms with Crippen molar-refractivity contribution in [1.29, 1.82) is 0 Å². The minimum absolute atomic E-state index is 0. The standard InChI is InChI=1S/C33H32NO.C17H22NSi.Ir/c1-21-9-7-10-22(2)31(21)23-15-16-26-27-13-8-14-28(32(27)35-30(26)19-23)29-20-25(17-18-34-29)33(3,4)24-11-5-6-12-24;1-13(2)15-11-16(14-9-7-6-8-10-14)18-12-17(15)19(3,4)5;/h7-10,13,15-20,24H,5-6,11-12H2,1-4H3;6-9,11-13H,1-5H3;/q2*-1;. The SMILES string of the molecule is CC(C)c1cc(-c2[c-]cccc2)ncc1[Si](C)(C)C.Cc1cccc(C)c1-c1ccc2c(c1)oc1c(-c3cc(C(C)(C)C4CCCC4)ccn3)[c-]ccc12.[Ir]. The molecule has 0 saturated heterocycles. The van der Waals surface area contributed by atoms with Crippen LogP contribution >= 0.6 is 0 Å². The van der Waals surface area contributed by atoms with Gasteiger partial charge in [-0.15, -0.1) is 54.1 Å². The topological polar surface area (TPSA) is 38.9 Å². The summed E-state index contributed by atoms with van der Waals surface area (Å²) in [6.07, 6.45) is 9.38. The fourth-order valence-electron chi connectivity index (χ4n) is 8.48. The van der Waals surface area contributed by atoms with Gasteiger partial charge in [0.2, 0.25) is 0 Å². The van der Waals surface area contributed by atoms with Crippen LogP contribution in [0.3, 0.4) is 0 Å². The molecule has 0 atom stereocenters. The van der Waals surface area contributed by atoms with Crippen LogP contribution in [0.15, 0.2) is 108 Å². The molecule has 3 nitrogen and oxygen atoms in total. The van der Waals surface area contributed by atoms with Crippen molar-refractivity contribution in [2.75, 3.05) is 0 Å². The predicted molar refractivity (Wildman–Crippen MR) is 231 cm³/mol. The van der Waals surface area contributed by atoms with Gasteiger partial charge in [-0.25, -0.2) is 0 Å². The normalized spacial score (nSPS) is 13.6. The molecule has 3 aromatic heterocycles. The van der Waals surface area contributed by atoms with Crippen molar-refractivity contribution in [3.05, 3.63) is 138 Å². The van der Waals surface area contributed by atoms with Crippen molar-refractivity contribution in [3.63, 3.8) is 0 Å². The second-order valence-electron chi connectivity index (χ2n) is 17.1. The molecular weight excluding hydrogens is 865 g/mol. The number of pyridine rings is 2. The number of nitrogens with zero attached hydrogens (tertiary/aromatic N) is 2. The van der Waals surface area contributed by atoms with E-state index in [2.05, 4.69) is 151 Å². The average Bonchev–Trinajstić information content (AvgIpc) is 3.84. The number of hydrogen-bond donors (Lipinski definition) is 0. The summed E-state index contributed by atoms with van der Waals surface area (Å²) >= 11 is 0. The zero-order valence-electron chi connectivity index (χ0n) is 33.9. The molecule has 0 amide bonds. The second kappa shape index (κ2) is 16.5. The maximum Gasteiger partial charge on any atom is 0.121 e. The Bertz CT molecular complexity index is 2400. The first-order valence-corrected chi connectivity index (χ1v) is 23.2. The van der Waals surface area contributed by atoms with Gasteiger partial charge < -0.3 is 14.4 Å². The maximum atomic E-state index is 6.53. The molecule has 55 heavy (non-hydrogen) atoms. The molecule has 1 radical (unpaired) electrons. The smallest absolute Gasteiger partial charge is 0.121 e. The van der Waals surface area contributed by atoms with E-state index in [-0.39, 0.29) is 25.5 Å². The van der Waals surface area contributed by atoms with Gasteiger partial charge in [-0.05, 0) is 100 Å². The van der Waals surface area contributed by atoms with E-state index >= 15 is 0 Å². The van der Waals surface area contributed by atoms with Crippen LogP contribution in [0.2, 0.25) is 19.6 Å². The molecule has 0 spiro atoms. The zero-order valence-corrected chi connectivity index (χ0v) is 37.3. The summed E-state index contributed by atoms with van der Waals surface area (Å²) in [7, 11) is -1.34. The Kier molecular flexibility index (Phi) is 12.2. The summed E-state index contributed by atoms with van der Waals surface area (Å²) in [6.45, 7) is 20.8. The van der Waals surface area contributed by atoms with Crippen molar-refractivity contribution < 1.29 is 24.5 Å². The molecule has 1 aliphatic carbocycles. The summed E-state index contributed by atoms with van der Waals surface area (Å²) < 4.78 is 6.53. The Labute approximate surface area is 343 Å². The van der Waals surface area contributed by atoms with Crippen LogP contribution in [0.25, 0.3) is 55.6 Å². The van der Waals surface area contributed by atoms with Crippen molar-refractivity contribution in [3.8, 4) is 33.6 Å². The third-order valence-corrected chi connectivity index (χ3v) is 13.7. The average molecular weight is 919 g/mol. The molecule has 1 fully saturated rings. The summed E-state index contributed by atoms with van der Waals surface area (Å²) in [5, 5.41) is 3.72.